The predicted octanol–water partition coefficient (Wildman–Crippen LogP) is 3.53. The van der Waals surface area contributed by atoms with Gasteiger partial charge in [-0.2, -0.15) is 0 Å². The number of halogens is 2. The van der Waals surface area contributed by atoms with E-state index in [1.54, 1.807) is 18.2 Å². The van der Waals surface area contributed by atoms with Gasteiger partial charge in [-0.25, -0.2) is 0 Å². The number of amides is 1. The lowest BCUT2D eigenvalue weighted by Gasteiger charge is -2.05. The summed E-state index contributed by atoms with van der Waals surface area (Å²) < 4.78 is 0. The molecule has 0 bridgehead atoms. The number of benzene rings is 1. The van der Waals surface area contributed by atoms with Crippen LogP contribution in [0.4, 0.5) is 10.8 Å². The molecule has 2 rings (SSSR count). The third kappa shape index (κ3) is 3.56. The fourth-order valence-corrected chi connectivity index (χ4v) is 2.35. The van der Waals surface area contributed by atoms with E-state index < -0.39 is 0 Å². The molecular weight excluding hydrogens is 307 g/mol. The first-order valence-electron chi connectivity index (χ1n) is 5.44. The summed E-state index contributed by atoms with van der Waals surface area (Å²) in [6.45, 7) is 2.66. The Balaban J connectivity index is 2.13. The quantitative estimate of drug-likeness (QED) is 0.905. The van der Waals surface area contributed by atoms with Crippen LogP contribution in [0.1, 0.15) is 16.7 Å². The van der Waals surface area contributed by atoms with E-state index in [1.165, 1.54) is 11.3 Å². The summed E-state index contributed by atoms with van der Waals surface area (Å²) in [7, 11) is 0. The Morgan fingerprint density at radius 2 is 2.16 bits per heavy atom. The number of nitrogens with zero attached hydrogens (tertiary/aromatic N) is 2. The van der Waals surface area contributed by atoms with Gasteiger partial charge in [0, 0.05) is 11.6 Å². The summed E-state index contributed by atoms with van der Waals surface area (Å²) in [5.41, 5.74) is 0.444. The fourth-order valence-electron chi connectivity index (χ4n) is 1.31. The van der Waals surface area contributed by atoms with Gasteiger partial charge in [-0.1, -0.05) is 34.5 Å². The van der Waals surface area contributed by atoms with Crippen LogP contribution in [-0.2, 0) is 0 Å². The highest BCUT2D eigenvalue weighted by atomic mass is 35.5. The summed E-state index contributed by atoms with van der Waals surface area (Å²) in [5, 5.41) is 15.0. The van der Waals surface area contributed by atoms with Crippen LogP contribution in [0.3, 0.4) is 0 Å². The van der Waals surface area contributed by atoms with Gasteiger partial charge in [-0.05, 0) is 25.1 Å². The molecule has 0 aliphatic rings. The van der Waals surface area contributed by atoms with Crippen molar-refractivity contribution in [1.29, 1.82) is 0 Å². The van der Waals surface area contributed by atoms with Crippen molar-refractivity contribution in [2.45, 2.75) is 6.92 Å². The van der Waals surface area contributed by atoms with Gasteiger partial charge in [0.1, 0.15) is 0 Å². The maximum atomic E-state index is 12.0. The molecule has 2 aromatic rings. The molecule has 0 saturated carbocycles. The van der Waals surface area contributed by atoms with Crippen LogP contribution in [0.25, 0.3) is 0 Å². The van der Waals surface area contributed by atoms with E-state index in [0.717, 1.165) is 6.54 Å². The highest BCUT2D eigenvalue weighted by molar-refractivity contribution is 7.17. The molecule has 0 aliphatic heterocycles. The first-order chi connectivity index (χ1) is 9.10. The van der Waals surface area contributed by atoms with Crippen molar-refractivity contribution in [1.82, 2.24) is 10.2 Å². The van der Waals surface area contributed by atoms with Crippen molar-refractivity contribution in [3.63, 3.8) is 0 Å². The number of nitrogens with one attached hydrogen (secondary N) is 2. The number of carbonyl (C=O) groups excluding carboxylic acids is 1. The largest absolute Gasteiger partial charge is 0.360 e. The molecule has 1 aromatic heterocycles. The minimum atomic E-state index is -0.370. The average Bonchev–Trinajstić information content (AvgIpc) is 2.83. The maximum Gasteiger partial charge on any atom is 0.286 e. The Hall–Kier alpha value is -1.37. The van der Waals surface area contributed by atoms with Crippen LogP contribution in [0.5, 0.6) is 0 Å². The van der Waals surface area contributed by atoms with Gasteiger partial charge < -0.3 is 10.6 Å². The standard InChI is InChI=1S/C11H10Cl2N4OS/c1-2-14-11-17-16-10(19-11)9(18)15-8-5-6(12)3-4-7(8)13/h3-5H,2H2,1H3,(H,14,17)(H,15,18). The van der Waals surface area contributed by atoms with E-state index in [4.69, 9.17) is 23.2 Å². The molecule has 1 amide bonds. The average molecular weight is 317 g/mol. The van der Waals surface area contributed by atoms with Gasteiger partial charge in [-0.15, -0.1) is 10.2 Å². The van der Waals surface area contributed by atoms with E-state index in [9.17, 15) is 4.79 Å². The molecule has 1 heterocycles. The van der Waals surface area contributed by atoms with E-state index in [-0.39, 0.29) is 10.9 Å². The Morgan fingerprint density at radius 3 is 2.89 bits per heavy atom. The summed E-state index contributed by atoms with van der Waals surface area (Å²) in [4.78, 5) is 12.0. The van der Waals surface area contributed by atoms with Crippen LogP contribution in [-0.4, -0.2) is 22.6 Å². The minimum Gasteiger partial charge on any atom is -0.360 e. The molecule has 0 radical (unpaired) electrons. The number of hydrogen-bond acceptors (Lipinski definition) is 5. The molecule has 0 fully saturated rings. The van der Waals surface area contributed by atoms with Gasteiger partial charge in [0.2, 0.25) is 10.1 Å². The predicted molar refractivity (Wildman–Crippen MR) is 78.5 cm³/mol. The first kappa shape index (κ1) is 14.0. The lowest BCUT2D eigenvalue weighted by atomic mass is 10.3. The maximum absolute atomic E-state index is 12.0. The fraction of sp³-hybridized carbons (Fsp3) is 0.182. The third-order valence-corrected chi connectivity index (χ3v) is 3.57. The molecule has 19 heavy (non-hydrogen) atoms. The van der Waals surface area contributed by atoms with Gasteiger partial charge >= 0.3 is 0 Å². The molecule has 0 aliphatic carbocycles. The number of rotatable bonds is 4. The lowest BCUT2D eigenvalue weighted by molar-refractivity contribution is 0.102. The molecule has 0 unspecified atom stereocenters. The first-order valence-corrected chi connectivity index (χ1v) is 7.01. The number of carbonyl (C=O) groups is 1. The van der Waals surface area contributed by atoms with E-state index in [0.29, 0.717) is 20.9 Å². The normalized spacial score (nSPS) is 10.3. The van der Waals surface area contributed by atoms with Crippen molar-refractivity contribution in [3.8, 4) is 0 Å². The number of hydrogen-bond donors (Lipinski definition) is 2. The molecule has 0 spiro atoms. The topological polar surface area (TPSA) is 66.9 Å². The summed E-state index contributed by atoms with van der Waals surface area (Å²) in [6.07, 6.45) is 0. The number of aromatic nitrogens is 2. The Morgan fingerprint density at radius 1 is 1.37 bits per heavy atom. The Bertz CT molecular complexity index is 602. The molecular formula is C11H10Cl2N4OS. The van der Waals surface area contributed by atoms with Crippen LogP contribution < -0.4 is 10.6 Å². The summed E-state index contributed by atoms with van der Waals surface area (Å²) >= 11 is 13.0. The van der Waals surface area contributed by atoms with Crippen molar-refractivity contribution in [3.05, 3.63) is 33.3 Å². The van der Waals surface area contributed by atoms with Crippen molar-refractivity contribution in [2.75, 3.05) is 17.2 Å². The molecule has 1 aromatic carbocycles. The van der Waals surface area contributed by atoms with Gasteiger partial charge in [0.15, 0.2) is 0 Å². The zero-order chi connectivity index (χ0) is 13.8. The highest BCUT2D eigenvalue weighted by Crippen LogP contribution is 2.26. The van der Waals surface area contributed by atoms with Gasteiger partial charge in [0.25, 0.3) is 5.91 Å². The highest BCUT2D eigenvalue weighted by Gasteiger charge is 2.14. The molecule has 5 nitrogen and oxygen atoms in total. The molecule has 0 saturated heterocycles. The van der Waals surface area contributed by atoms with Crippen LogP contribution >= 0.6 is 34.5 Å². The Labute approximate surface area is 123 Å². The zero-order valence-electron chi connectivity index (χ0n) is 9.91. The second kappa shape index (κ2) is 6.18. The lowest BCUT2D eigenvalue weighted by Crippen LogP contribution is -2.11. The Kier molecular flexibility index (Phi) is 4.57. The molecule has 8 heteroatoms. The van der Waals surface area contributed by atoms with Crippen LogP contribution in [0.15, 0.2) is 18.2 Å². The summed E-state index contributed by atoms with van der Waals surface area (Å²) in [6, 6.07) is 4.84. The number of anilines is 2. The van der Waals surface area contributed by atoms with Gasteiger partial charge in [-0.3, -0.25) is 4.79 Å². The minimum absolute atomic E-state index is 0.256. The van der Waals surface area contributed by atoms with Crippen molar-refractivity contribution in [2.24, 2.45) is 0 Å². The monoisotopic (exact) mass is 316 g/mol. The SMILES string of the molecule is CCNc1nnc(C(=O)Nc2cc(Cl)ccc2Cl)s1. The van der Waals surface area contributed by atoms with E-state index >= 15 is 0 Å². The van der Waals surface area contributed by atoms with Crippen LogP contribution in [0, 0.1) is 0 Å². The van der Waals surface area contributed by atoms with E-state index in [2.05, 4.69) is 20.8 Å². The zero-order valence-corrected chi connectivity index (χ0v) is 12.2. The van der Waals surface area contributed by atoms with Crippen molar-refractivity contribution >= 4 is 51.3 Å². The molecule has 100 valence electrons. The third-order valence-electron chi connectivity index (χ3n) is 2.12. The molecule has 0 atom stereocenters. The summed E-state index contributed by atoms with van der Waals surface area (Å²) in [5.74, 6) is -0.370. The molecule has 2 N–H and O–H groups in total. The smallest absolute Gasteiger partial charge is 0.286 e. The second-order valence-electron chi connectivity index (χ2n) is 3.52. The van der Waals surface area contributed by atoms with Gasteiger partial charge in [0.05, 0.1) is 10.7 Å². The van der Waals surface area contributed by atoms with E-state index in [1.807, 2.05) is 6.92 Å². The van der Waals surface area contributed by atoms with Crippen LogP contribution in [0.2, 0.25) is 10.0 Å². The second-order valence-corrected chi connectivity index (χ2v) is 5.34. The van der Waals surface area contributed by atoms with Crippen molar-refractivity contribution < 1.29 is 4.79 Å².